The highest BCUT2D eigenvalue weighted by Crippen LogP contribution is 2.35. The van der Waals surface area contributed by atoms with Crippen LogP contribution in [0.3, 0.4) is 0 Å². The maximum atomic E-state index is 14.1. The number of hydrogen-bond acceptors (Lipinski definition) is 1. The average Bonchev–Trinajstić information content (AvgIpc) is 2.49. The van der Waals surface area contributed by atoms with Crippen molar-refractivity contribution < 1.29 is 9.18 Å². The predicted molar refractivity (Wildman–Crippen MR) is 85.2 cm³/mol. The Hall–Kier alpha value is -1.39. The van der Waals surface area contributed by atoms with E-state index in [0.717, 1.165) is 16.8 Å². The van der Waals surface area contributed by atoms with Gasteiger partial charge in [-0.1, -0.05) is 24.3 Å². The molecule has 0 spiro atoms. The van der Waals surface area contributed by atoms with Crippen LogP contribution in [0.2, 0.25) is 0 Å². The van der Waals surface area contributed by atoms with Gasteiger partial charge in [-0.25, -0.2) is 4.39 Å². The first kappa shape index (κ1) is 14.5. The number of anilines is 1. The number of amides is 1. The van der Waals surface area contributed by atoms with Crippen molar-refractivity contribution in [1.29, 1.82) is 0 Å². The van der Waals surface area contributed by atoms with Gasteiger partial charge in [0, 0.05) is 17.7 Å². The zero-order valence-corrected chi connectivity index (χ0v) is 13.3. The van der Waals surface area contributed by atoms with Crippen LogP contribution in [0.15, 0.2) is 40.9 Å². The SMILES string of the molecule is O=C1CCc2cc(C(Cl)c3cccc(Br)c3F)ccc2N1. The summed E-state index contributed by atoms with van der Waals surface area (Å²) < 4.78 is 14.5. The van der Waals surface area contributed by atoms with Crippen molar-refractivity contribution in [2.24, 2.45) is 0 Å². The normalized spacial score (nSPS) is 15.3. The maximum Gasteiger partial charge on any atom is 0.224 e. The van der Waals surface area contributed by atoms with Crippen LogP contribution < -0.4 is 5.32 Å². The number of rotatable bonds is 2. The van der Waals surface area contributed by atoms with Crippen molar-refractivity contribution in [2.45, 2.75) is 18.2 Å². The molecule has 2 nitrogen and oxygen atoms in total. The van der Waals surface area contributed by atoms with Gasteiger partial charge >= 0.3 is 0 Å². The number of halogens is 3. The molecule has 2 aromatic rings. The van der Waals surface area contributed by atoms with Crippen molar-refractivity contribution in [1.82, 2.24) is 0 Å². The molecule has 1 aliphatic rings. The van der Waals surface area contributed by atoms with Gasteiger partial charge in [-0.3, -0.25) is 4.79 Å². The number of aryl methyl sites for hydroxylation is 1. The number of benzene rings is 2. The van der Waals surface area contributed by atoms with Crippen LogP contribution >= 0.6 is 27.5 Å². The minimum atomic E-state index is -0.564. The van der Waals surface area contributed by atoms with Crippen LogP contribution in [0.4, 0.5) is 10.1 Å². The molecule has 108 valence electrons. The number of hydrogen-bond donors (Lipinski definition) is 1. The summed E-state index contributed by atoms with van der Waals surface area (Å²) in [6.07, 6.45) is 1.15. The third-order valence-electron chi connectivity index (χ3n) is 3.57. The summed E-state index contributed by atoms with van der Waals surface area (Å²) in [7, 11) is 0. The van der Waals surface area contributed by atoms with Crippen LogP contribution in [0.25, 0.3) is 0 Å². The standard InChI is InChI=1S/C16H12BrClFNO/c17-12-3-1-2-11(16(12)19)15(18)10-4-6-13-9(8-10)5-7-14(21)20-13/h1-4,6,8,15H,5,7H2,(H,20,21). The van der Waals surface area contributed by atoms with Gasteiger partial charge in [0.1, 0.15) is 5.82 Å². The molecule has 0 aromatic heterocycles. The van der Waals surface area contributed by atoms with E-state index in [1.165, 1.54) is 0 Å². The zero-order valence-electron chi connectivity index (χ0n) is 11.0. The van der Waals surface area contributed by atoms with Crippen LogP contribution in [0.5, 0.6) is 0 Å². The summed E-state index contributed by atoms with van der Waals surface area (Å²) in [4.78, 5) is 11.4. The van der Waals surface area contributed by atoms with Gasteiger partial charge < -0.3 is 5.32 Å². The summed E-state index contributed by atoms with van der Waals surface area (Å²) in [5.74, 6) is -0.320. The highest BCUT2D eigenvalue weighted by Gasteiger charge is 2.20. The first-order chi connectivity index (χ1) is 10.1. The van der Waals surface area contributed by atoms with E-state index >= 15 is 0 Å². The van der Waals surface area contributed by atoms with Crippen molar-refractivity contribution in [3.63, 3.8) is 0 Å². The van der Waals surface area contributed by atoms with Crippen molar-refractivity contribution in [2.75, 3.05) is 5.32 Å². The van der Waals surface area contributed by atoms with Crippen molar-refractivity contribution >= 4 is 39.1 Å². The second-order valence-electron chi connectivity index (χ2n) is 4.97. The van der Waals surface area contributed by atoms with Gasteiger partial charge in [0.25, 0.3) is 0 Å². The van der Waals surface area contributed by atoms with E-state index in [1.54, 1.807) is 18.2 Å². The summed E-state index contributed by atoms with van der Waals surface area (Å²) in [5, 5.41) is 2.26. The van der Waals surface area contributed by atoms with Crippen LogP contribution in [0.1, 0.15) is 28.5 Å². The Balaban J connectivity index is 1.97. The molecular weight excluding hydrogens is 357 g/mol. The third kappa shape index (κ3) is 2.83. The first-order valence-electron chi connectivity index (χ1n) is 6.57. The monoisotopic (exact) mass is 367 g/mol. The lowest BCUT2D eigenvalue weighted by Crippen LogP contribution is -2.19. The fraction of sp³-hybridized carbons (Fsp3) is 0.188. The van der Waals surface area contributed by atoms with E-state index in [1.807, 2.05) is 18.2 Å². The van der Waals surface area contributed by atoms with E-state index in [-0.39, 0.29) is 11.7 Å². The van der Waals surface area contributed by atoms with E-state index < -0.39 is 5.38 Å². The summed E-state index contributed by atoms with van der Waals surface area (Å²) >= 11 is 9.60. The second kappa shape index (κ2) is 5.78. The van der Waals surface area contributed by atoms with E-state index in [0.29, 0.717) is 22.9 Å². The Morgan fingerprint density at radius 2 is 2.05 bits per heavy atom. The first-order valence-corrected chi connectivity index (χ1v) is 7.80. The highest BCUT2D eigenvalue weighted by molar-refractivity contribution is 9.10. The molecule has 0 saturated carbocycles. The smallest absolute Gasteiger partial charge is 0.224 e. The van der Waals surface area contributed by atoms with Crippen LogP contribution in [-0.2, 0) is 11.2 Å². The lowest BCUT2D eigenvalue weighted by atomic mass is 9.96. The Bertz CT molecular complexity index is 719. The number of nitrogens with one attached hydrogen (secondary N) is 1. The Morgan fingerprint density at radius 3 is 2.86 bits per heavy atom. The van der Waals surface area contributed by atoms with Gasteiger partial charge in [0.2, 0.25) is 5.91 Å². The average molecular weight is 369 g/mol. The molecule has 2 aromatic carbocycles. The molecule has 0 fully saturated rings. The summed E-state index contributed by atoms with van der Waals surface area (Å²) in [5.41, 5.74) is 3.11. The number of carbonyl (C=O) groups excluding carboxylic acids is 1. The minimum absolute atomic E-state index is 0.0238. The molecule has 0 aliphatic carbocycles. The van der Waals surface area contributed by atoms with E-state index in [4.69, 9.17) is 11.6 Å². The van der Waals surface area contributed by atoms with Gasteiger partial charge in [0.15, 0.2) is 0 Å². The third-order valence-corrected chi connectivity index (χ3v) is 4.67. The molecule has 1 atom stereocenters. The van der Waals surface area contributed by atoms with Crippen molar-refractivity contribution in [3.05, 3.63) is 63.4 Å². The Morgan fingerprint density at radius 1 is 1.24 bits per heavy atom. The quantitative estimate of drug-likeness (QED) is 0.758. The van der Waals surface area contributed by atoms with Gasteiger partial charge in [-0.05, 0) is 45.6 Å². The molecule has 1 amide bonds. The summed E-state index contributed by atoms with van der Waals surface area (Å²) in [6, 6.07) is 10.7. The summed E-state index contributed by atoms with van der Waals surface area (Å²) in [6.45, 7) is 0. The van der Waals surface area contributed by atoms with E-state index in [9.17, 15) is 9.18 Å². The largest absolute Gasteiger partial charge is 0.326 e. The fourth-order valence-electron chi connectivity index (χ4n) is 2.46. The molecule has 1 aliphatic heterocycles. The lowest BCUT2D eigenvalue weighted by Gasteiger charge is -2.19. The second-order valence-corrected chi connectivity index (χ2v) is 6.26. The molecule has 1 N–H and O–H groups in total. The Kier molecular flexibility index (Phi) is 4.00. The minimum Gasteiger partial charge on any atom is -0.326 e. The number of fused-ring (bicyclic) bond motifs is 1. The predicted octanol–water partition coefficient (Wildman–Crippen LogP) is 4.80. The molecule has 0 bridgehead atoms. The van der Waals surface area contributed by atoms with Gasteiger partial charge in [-0.2, -0.15) is 0 Å². The molecule has 0 radical (unpaired) electrons. The van der Waals surface area contributed by atoms with Gasteiger partial charge in [-0.15, -0.1) is 11.6 Å². The molecule has 1 heterocycles. The molecular formula is C16H12BrClFNO. The lowest BCUT2D eigenvalue weighted by molar-refractivity contribution is -0.116. The number of alkyl halides is 1. The molecule has 3 rings (SSSR count). The fourth-order valence-corrected chi connectivity index (χ4v) is 3.14. The maximum absolute atomic E-state index is 14.1. The van der Waals surface area contributed by atoms with Crippen molar-refractivity contribution in [3.8, 4) is 0 Å². The molecule has 0 saturated heterocycles. The Labute approximate surface area is 135 Å². The van der Waals surface area contributed by atoms with E-state index in [2.05, 4.69) is 21.2 Å². The number of carbonyl (C=O) groups is 1. The van der Waals surface area contributed by atoms with Gasteiger partial charge in [0.05, 0.1) is 9.85 Å². The van der Waals surface area contributed by atoms with Crippen LogP contribution in [-0.4, -0.2) is 5.91 Å². The zero-order chi connectivity index (χ0) is 15.0. The highest BCUT2D eigenvalue weighted by atomic mass is 79.9. The topological polar surface area (TPSA) is 29.1 Å². The molecule has 5 heteroatoms. The molecule has 1 unspecified atom stereocenters. The molecule has 21 heavy (non-hydrogen) atoms. The van der Waals surface area contributed by atoms with Crippen LogP contribution in [0, 0.1) is 5.82 Å².